The number of nitrogens with one attached hydrogen (secondary N) is 1. The number of tetrazole rings is 1. The van der Waals surface area contributed by atoms with E-state index >= 15 is 0 Å². The molecule has 1 heterocycles. The van der Waals surface area contributed by atoms with Crippen molar-refractivity contribution >= 4 is 11.6 Å². The second-order valence-electron chi connectivity index (χ2n) is 5.13. The minimum Gasteiger partial charge on any atom is -0.324 e. The van der Waals surface area contributed by atoms with Crippen molar-refractivity contribution in [3.63, 3.8) is 0 Å². The molecule has 0 atom stereocenters. The van der Waals surface area contributed by atoms with E-state index < -0.39 is 17.6 Å². The zero-order valence-electron chi connectivity index (χ0n) is 12.7. The minimum absolute atomic E-state index is 0.207. The predicted octanol–water partition coefficient (Wildman–Crippen LogP) is 3.00. The summed E-state index contributed by atoms with van der Waals surface area (Å²) in [5.74, 6) is -0.0975. The van der Waals surface area contributed by atoms with E-state index in [1.807, 2.05) is 30.3 Å². The first kappa shape index (κ1) is 16.6. The molecule has 1 amide bonds. The number of carbonyl (C=O) groups excluding carboxylic acids is 1. The lowest BCUT2D eigenvalue weighted by Crippen LogP contribution is -2.20. The Morgan fingerprint density at radius 3 is 2.36 bits per heavy atom. The molecule has 0 aliphatic carbocycles. The van der Waals surface area contributed by atoms with Crippen molar-refractivity contribution in [2.75, 3.05) is 5.32 Å². The number of halogens is 3. The number of anilines is 1. The molecule has 1 aromatic heterocycles. The average Bonchev–Trinajstić information content (AvgIpc) is 3.03. The van der Waals surface area contributed by atoms with Gasteiger partial charge in [-0.2, -0.15) is 18.0 Å². The molecule has 1 N–H and O–H groups in total. The van der Waals surface area contributed by atoms with Crippen LogP contribution in [0, 0.1) is 0 Å². The summed E-state index contributed by atoms with van der Waals surface area (Å²) in [6.07, 6.45) is -4.42. The van der Waals surface area contributed by atoms with Crippen LogP contribution in [0.3, 0.4) is 0 Å². The smallest absolute Gasteiger partial charge is 0.324 e. The summed E-state index contributed by atoms with van der Waals surface area (Å²) >= 11 is 0. The highest BCUT2D eigenvalue weighted by Crippen LogP contribution is 2.29. The number of carbonyl (C=O) groups is 1. The molecule has 0 bridgehead atoms. The molecule has 6 nitrogen and oxygen atoms in total. The second-order valence-corrected chi connectivity index (χ2v) is 5.13. The van der Waals surface area contributed by atoms with Crippen LogP contribution in [0.5, 0.6) is 0 Å². The molecule has 0 saturated heterocycles. The van der Waals surface area contributed by atoms with Gasteiger partial charge in [-0.1, -0.05) is 30.3 Å². The Labute approximate surface area is 140 Å². The molecule has 0 fully saturated rings. The first-order valence-corrected chi connectivity index (χ1v) is 7.22. The molecule has 0 aliphatic rings. The zero-order chi connectivity index (χ0) is 17.9. The number of alkyl halides is 3. The highest BCUT2D eigenvalue weighted by Gasteiger charge is 2.29. The molecule has 0 saturated carbocycles. The summed E-state index contributed by atoms with van der Waals surface area (Å²) in [5, 5.41) is 14.2. The Hall–Kier alpha value is -3.23. The van der Waals surface area contributed by atoms with E-state index in [1.165, 1.54) is 12.1 Å². The molecule has 25 heavy (non-hydrogen) atoms. The van der Waals surface area contributed by atoms with Crippen molar-refractivity contribution in [2.45, 2.75) is 12.7 Å². The van der Waals surface area contributed by atoms with Crippen LogP contribution in [0.2, 0.25) is 0 Å². The average molecular weight is 347 g/mol. The summed E-state index contributed by atoms with van der Waals surface area (Å²) < 4.78 is 37.5. The van der Waals surface area contributed by atoms with E-state index in [1.54, 1.807) is 0 Å². The van der Waals surface area contributed by atoms with Crippen molar-refractivity contribution in [1.82, 2.24) is 20.2 Å². The van der Waals surface area contributed by atoms with Gasteiger partial charge in [-0.3, -0.25) is 4.79 Å². The van der Waals surface area contributed by atoms with Crippen molar-refractivity contribution in [3.05, 3.63) is 60.2 Å². The summed E-state index contributed by atoms with van der Waals surface area (Å²) in [4.78, 5) is 13.1. The zero-order valence-corrected chi connectivity index (χ0v) is 12.7. The molecule has 0 aliphatic heterocycles. The molecule has 0 spiro atoms. The van der Waals surface area contributed by atoms with E-state index in [-0.39, 0.29) is 12.2 Å². The maximum Gasteiger partial charge on any atom is 0.416 e. The third-order valence-corrected chi connectivity index (χ3v) is 3.27. The van der Waals surface area contributed by atoms with Gasteiger partial charge >= 0.3 is 6.18 Å². The van der Waals surface area contributed by atoms with E-state index in [2.05, 4.69) is 20.7 Å². The molecule has 9 heteroatoms. The fourth-order valence-corrected chi connectivity index (χ4v) is 2.08. The Kier molecular flexibility index (Phi) is 4.46. The lowest BCUT2D eigenvalue weighted by atomic mass is 10.2. The maximum atomic E-state index is 12.5. The normalized spacial score (nSPS) is 11.3. The number of hydrogen-bond acceptors (Lipinski definition) is 4. The number of hydrogen-bond donors (Lipinski definition) is 1. The van der Waals surface area contributed by atoms with Gasteiger partial charge in [0.1, 0.15) is 6.54 Å². The van der Waals surface area contributed by atoms with Crippen molar-refractivity contribution in [1.29, 1.82) is 0 Å². The molecule has 0 unspecified atom stereocenters. The second kappa shape index (κ2) is 6.71. The van der Waals surface area contributed by atoms with Gasteiger partial charge in [-0.15, -0.1) is 10.2 Å². The lowest BCUT2D eigenvalue weighted by molar-refractivity contribution is -0.137. The summed E-state index contributed by atoms with van der Waals surface area (Å²) in [7, 11) is 0. The van der Waals surface area contributed by atoms with Gasteiger partial charge in [-0.25, -0.2) is 0 Å². The van der Waals surface area contributed by atoms with Gasteiger partial charge in [0.05, 0.1) is 5.56 Å². The fourth-order valence-electron chi connectivity index (χ4n) is 2.08. The van der Waals surface area contributed by atoms with Gasteiger partial charge in [0.15, 0.2) is 0 Å². The number of benzene rings is 2. The Balaban J connectivity index is 1.62. The van der Waals surface area contributed by atoms with Crippen LogP contribution in [0.25, 0.3) is 11.4 Å². The summed E-state index contributed by atoms with van der Waals surface area (Å²) in [6, 6.07) is 13.3. The quantitative estimate of drug-likeness (QED) is 0.787. The van der Waals surface area contributed by atoms with Crippen molar-refractivity contribution in [3.8, 4) is 11.4 Å². The minimum atomic E-state index is -4.42. The SMILES string of the molecule is O=C(Cn1nnc(-c2ccccc2)n1)Nc1ccc(C(F)(F)F)cc1. The third kappa shape index (κ3) is 4.19. The first-order chi connectivity index (χ1) is 11.9. The monoisotopic (exact) mass is 347 g/mol. The Morgan fingerprint density at radius 2 is 1.72 bits per heavy atom. The lowest BCUT2D eigenvalue weighted by Gasteiger charge is -2.08. The third-order valence-electron chi connectivity index (χ3n) is 3.27. The van der Waals surface area contributed by atoms with Crippen LogP contribution < -0.4 is 5.32 Å². The van der Waals surface area contributed by atoms with Gasteiger partial charge in [-0.05, 0) is 29.5 Å². The molecule has 2 aromatic carbocycles. The molecule has 0 radical (unpaired) electrons. The summed E-state index contributed by atoms with van der Waals surface area (Å²) in [5.41, 5.74) is 0.231. The summed E-state index contributed by atoms with van der Waals surface area (Å²) in [6.45, 7) is -0.207. The number of nitrogens with zero attached hydrogens (tertiary/aromatic N) is 4. The maximum absolute atomic E-state index is 12.5. The number of amides is 1. The predicted molar refractivity (Wildman–Crippen MR) is 83.3 cm³/mol. The Bertz CT molecular complexity index is 859. The van der Waals surface area contributed by atoms with Crippen LogP contribution in [-0.2, 0) is 17.5 Å². The van der Waals surface area contributed by atoms with E-state index in [4.69, 9.17) is 0 Å². The molecular weight excluding hydrogens is 335 g/mol. The van der Waals surface area contributed by atoms with Gasteiger partial charge < -0.3 is 5.32 Å². The fraction of sp³-hybridized carbons (Fsp3) is 0.125. The molecule has 128 valence electrons. The van der Waals surface area contributed by atoms with Crippen LogP contribution >= 0.6 is 0 Å². The van der Waals surface area contributed by atoms with Crippen LogP contribution in [-0.4, -0.2) is 26.1 Å². The van der Waals surface area contributed by atoms with E-state index in [0.717, 1.165) is 22.5 Å². The van der Waals surface area contributed by atoms with E-state index in [9.17, 15) is 18.0 Å². The highest BCUT2D eigenvalue weighted by atomic mass is 19.4. The highest BCUT2D eigenvalue weighted by molar-refractivity contribution is 5.90. The van der Waals surface area contributed by atoms with Crippen LogP contribution in [0.15, 0.2) is 54.6 Å². The van der Waals surface area contributed by atoms with Gasteiger partial charge in [0, 0.05) is 11.3 Å². The molecule has 3 rings (SSSR count). The van der Waals surface area contributed by atoms with Gasteiger partial charge in [0.25, 0.3) is 0 Å². The molecular formula is C16H12F3N5O. The first-order valence-electron chi connectivity index (χ1n) is 7.22. The molecule has 3 aromatic rings. The topological polar surface area (TPSA) is 72.7 Å². The Morgan fingerprint density at radius 1 is 1.04 bits per heavy atom. The number of rotatable bonds is 4. The largest absolute Gasteiger partial charge is 0.416 e. The number of aromatic nitrogens is 4. The van der Waals surface area contributed by atoms with Crippen molar-refractivity contribution < 1.29 is 18.0 Å². The standard InChI is InChI=1S/C16H12F3N5O/c17-16(18,19)12-6-8-13(9-7-12)20-14(25)10-24-22-15(21-23-24)11-4-2-1-3-5-11/h1-9H,10H2,(H,20,25). The van der Waals surface area contributed by atoms with Gasteiger partial charge in [0.2, 0.25) is 11.7 Å². The van der Waals surface area contributed by atoms with Crippen LogP contribution in [0.4, 0.5) is 18.9 Å². The van der Waals surface area contributed by atoms with E-state index in [0.29, 0.717) is 5.82 Å². The van der Waals surface area contributed by atoms with Crippen molar-refractivity contribution in [2.24, 2.45) is 0 Å². The van der Waals surface area contributed by atoms with Crippen LogP contribution in [0.1, 0.15) is 5.56 Å².